The number of anilines is 2. The standard InChI is InChI=1S/C10H16N6O/c1-6(4-17)2-3-12-8-7-9(14-5-13-8)16-10(11)15-7/h5-6,17H,2-4H2,1H3,(H4,11,12,13,14,15,16). The van der Waals surface area contributed by atoms with Gasteiger partial charge in [-0.1, -0.05) is 6.92 Å². The van der Waals surface area contributed by atoms with Crippen molar-refractivity contribution in [2.24, 2.45) is 5.92 Å². The van der Waals surface area contributed by atoms with Crippen LogP contribution in [0.3, 0.4) is 0 Å². The zero-order valence-corrected chi connectivity index (χ0v) is 9.64. The highest BCUT2D eigenvalue weighted by molar-refractivity contribution is 5.83. The fraction of sp³-hybridized carbons (Fsp3) is 0.500. The summed E-state index contributed by atoms with van der Waals surface area (Å²) in [6, 6.07) is 0. The molecule has 2 aromatic heterocycles. The number of H-pyrrole nitrogens is 1. The second-order valence-electron chi connectivity index (χ2n) is 4.05. The van der Waals surface area contributed by atoms with Crippen LogP contribution >= 0.6 is 0 Å². The average Bonchev–Trinajstić information content (AvgIpc) is 2.70. The van der Waals surface area contributed by atoms with Gasteiger partial charge in [0.25, 0.3) is 0 Å². The Morgan fingerprint density at radius 1 is 1.53 bits per heavy atom. The molecule has 0 aliphatic rings. The van der Waals surface area contributed by atoms with E-state index in [-0.39, 0.29) is 12.5 Å². The predicted octanol–water partition coefficient (Wildman–Crippen LogP) is 0.365. The third-order valence-electron chi connectivity index (χ3n) is 2.55. The Kier molecular flexibility index (Phi) is 3.38. The van der Waals surface area contributed by atoms with Gasteiger partial charge in [0.1, 0.15) is 11.8 Å². The van der Waals surface area contributed by atoms with Gasteiger partial charge in [-0.2, -0.15) is 4.98 Å². The first-order valence-corrected chi connectivity index (χ1v) is 5.51. The first-order chi connectivity index (χ1) is 8.20. The lowest BCUT2D eigenvalue weighted by Gasteiger charge is -2.09. The third kappa shape index (κ3) is 2.62. The van der Waals surface area contributed by atoms with Gasteiger partial charge in [-0.05, 0) is 12.3 Å². The SMILES string of the molecule is CC(CO)CCNc1ncnc2nc(N)[nH]c12. The van der Waals surface area contributed by atoms with Crippen molar-refractivity contribution >= 4 is 22.9 Å². The molecule has 2 heterocycles. The lowest BCUT2D eigenvalue weighted by Crippen LogP contribution is -2.10. The van der Waals surface area contributed by atoms with Crippen LogP contribution in [0.2, 0.25) is 0 Å². The second kappa shape index (κ2) is 4.96. The van der Waals surface area contributed by atoms with Gasteiger partial charge in [0.2, 0.25) is 0 Å². The van der Waals surface area contributed by atoms with E-state index in [2.05, 4.69) is 25.3 Å². The van der Waals surface area contributed by atoms with E-state index in [0.29, 0.717) is 22.9 Å². The van der Waals surface area contributed by atoms with Crippen LogP contribution in [-0.2, 0) is 0 Å². The molecule has 7 nitrogen and oxygen atoms in total. The Morgan fingerprint density at radius 3 is 3.12 bits per heavy atom. The fourth-order valence-corrected chi connectivity index (χ4v) is 1.51. The fourth-order valence-electron chi connectivity index (χ4n) is 1.51. The summed E-state index contributed by atoms with van der Waals surface area (Å²) in [5.41, 5.74) is 6.82. The molecule has 0 saturated carbocycles. The summed E-state index contributed by atoms with van der Waals surface area (Å²) in [5, 5.41) is 12.1. The summed E-state index contributed by atoms with van der Waals surface area (Å²) in [4.78, 5) is 15.1. The monoisotopic (exact) mass is 236 g/mol. The molecule has 0 saturated heterocycles. The van der Waals surface area contributed by atoms with Crippen molar-refractivity contribution in [3.8, 4) is 0 Å². The maximum absolute atomic E-state index is 8.92. The molecule has 0 radical (unpaired) electrons. The molecule has 0 aromatic carbocycles. The number of aliphatic hydroxyl groups is 1. The number of rotatable bonds is 5. The van der Waals surface area contributed by atoms with E-state index in [4.69, 9.17) is 10.8 Å². The van der Waals surface area contributed by atoms with E-state index in [1.54, 1.807) is 0 Å². The molecular formula is C10H16N6O. The van der Waals surface area contributed by atoms with Gasteiger partial charge in [0, 0.05) is 13.2 Å². The molecule has 0 bridgehead atoms. The summed E-state index contributed by atoms with van der Waals surface area (Å²) in [6.45, 7) is 2.91. The minimum atomic E-state index is 0.192. The first-order valence-electron chi connectivity index (χ1n) is 5.51. The van der Waals surface area contributed by atoms with E-state index in [1.165, 1.54) is 6.33 Å². The zero-order valence-electron chi connectivity index (χ0n) is 9.64. The maximum atomic E-state index is 8.92. The van der Waals surface area contributed by atoms with Crippen LogP contribution in [0.1, 0.15) is 13.3 Å². The van der Waals surface area contributed by atoms with E-state index in [9.17, 15) is 0 Å². The Balaban J connectivity index is 2.08. The lowest BCUT2D eigenvalue weighted by atomic mass is 10.1. The van der Waals surface area contributed by atoms with Crippen molar-refractivity contribution < 1.29 is 5.11 Å². The number of aliphatic hydroxyl groups excluding tert-OH is 1. The van der Waals surface area contributed by atoms with E-state index in [0.717, 1.165) is 13.0 Å². The number of hydrogen-bond donors (Lipinski definition) is 4. The van der Waals surface area contributed by atoms with Crippen molar-refractivity contribution in [2.75, 3.05) is 24.2 Å². The van der Waals surface area contributed by atoms with Gasteiger partial charge in [-0.15, -0.1) is 0 Å². The number of aromatic nitrogens is 4. The van der Waals surface area contributed by atoms with Crippen LogP contribution < -0.4 is 11.1 Å². The Hall–Kier alpha value is -1.89. The summed E-state index contributed by atoms with van der Waals surface area (Å²) in [7, 11) is 0. The minimum Gasteiger partial charge on any atom is -0.396 e. The maximum Gasteiger partial charge on any atom is 0.200 e. The largest absolute Gasteiger partial charge is 0.396 e. The highest BCUT2D eigenvalue weighted by Crippen LogP contribution is 2.17. The number of aromatic amines is 1. The van der Waals surface area contributed by atoms with Crippen molar-refractivity contribution in [1.29, 1.82) is 0 Å². The molecule has 92 valence electrons. The molecule has 7 heteroatoms. The molecule has 1 atom stereocenters. The molecule has 0 aliphatic heterocycles. The summed E-state index contributed by atoms with van der Waals surface area (Å²) in [6.07, 6.45) is 2.31. The zero-order chi connectivity index (χ0) is 12.3. The minimum absolute atomic E-state index is 0.192. The molecular weight excluding hydrogens is 220 g/mol. The number of imidazole rings is 1. The number of hydrogen-bond acceptors (Lipinski definition) is 6. The van der Waals surface area contributed by atoms with Crippen LogP contribution in [0.25, 0.3) is 11.2 Å². The summed E-state index contributed by atoms with van der Waals surface area (Å²) < 4.78 is 0. The smallest absolute Gasteiger partial charge is 0.200 e. The third-order valence-corrected chi connectivity index (χ3v) is 2.55. The predicted molar refractivity (Wildman–Crippen MR) is 65.5 cm³/mol. The molecule has 0 amide bonds. The van der Waals surface area contributed by atoms with E-state index < -0.39 is 0 Å². The molecule has 1 unspecified atom stereocenters. The van der Waals surface area contributed by atoms with Crippen molar-refractivity contribution in [3.05, 3.63) is 6.33 Å². The number of nitrogens with zero attached hydrogens (tertiary/aromatic N) is 3. The van der Waals surface area contributed by atoms with Gasteiger partial charge < -0.3 is 21.1 Å². The molecule has 0 spiro atoms. The van der Waals surface area contributed by atoms with Gasteiger partial charge >= 0.3 is 0 Å². The second-order valence-corrected chi connectivity index (χ2v) is 4.05. The average molecular weight is 236 g/mol. The van der Waals surface area contributed by atoms with Crippen LogP contribution in [0, 0.1) is 5.92 Å². The van der Waals surface area contributed by atoms with Crippen molar-refractivity contribution in [1.82, 2.24) is 19.9 Å². The molecule has 17 heavy (non-hydrogen) atoms. The van der Waals surface area contributed by atoms with Crippen molar-refractivity contribution in [2.45, 2.75) is 13.3 Å². The Bertz CT molecular complexity index is 497. The lowest BCUT2D eigenvalue weighted by molar-refractivity contribution is 0.233. The molecule has 2 aromatic rings. The van der Waals surface area contributed by atoms with Crippen molar-refractivity contribution in [3.63, 3.8) is 0 Å². The molecule has 2 rings (SSSR count). The molecule has 0 fully saturated rings. The first kappa shape index (κ1) is 11.6. The van der Waals surface area contributed by atoms with Gasteiger partial charge in [0.05, 0.1) is 0 Å². The quantitative estimate of drug-likeness (QED) is 0.596. The van der Waals surface area contributed by atoms with E-state index >= 15 is 0 Å². The topological polar surface area (TPSA) is 113 Å². The molecule has 5 N–H and O–H groups in total. The van der Waals surface area contributed by atoms with Crippen LogP contribution in [-0.4, -0.2) is 38.2 Å². The Labute approximate surface area is 98.5 Å². The summed E-state index contributed by atoms with van der Waals surface area (Å²) >= 11 is 0. The molecule has 0 aliphatic carbocycles. The van der Waals surface area contributed by atoms with E-state index in [1.807, 2.05) is 6.92 Å². The number of nitrogens with one attached hydrogen (secondary N) is 2. The van der Waals surface area contributed by atoms with Gasteiger partial charge in [-0.25, -0.2) is 9.97 Å². The summed E-state index contributed by atoms with van der Waals surface area (Å²) in [5.74, 6) is 1.28. The number of fused-ring (bicyclic) bond motifs is 1. The van der Waals surface area contributed by atoms with Gasteiger partial charge in [0.15, 0.2) is 17.4 Å². The number of nitrogen functional groups attached to an aromatic ring is 1. The van der Waals surface area contributed by atoms with Crippen LogP contribution in [0.4, 0.5) is 11.8 Å². The highest BCUT2D eigenvalue weighted by Gasteiger charge is 2.08. The van der Waals surface area contributed by atoms with Gasteiger partial charge in [-0.3, -0.25) is 0 Å². The number of nitrogens with two attached hydrogens (primary N) is 1. The van der Waals surface area contributed by atoms with Crippen LogP contribution in [0.5, 0.6) is 0 Å². The van der Waals surface area contributed by atoms with Crippen LogP contribution in [0.15, 0.2) is 6.33 Å². The normalized spacial score (nSPS) is 12.8. The Morgan fingerprint density at radius 2 is 2.35 bits per heavy atom. The highest BCUT2D eigenvalue weighted by atomic mass is 16.3.